The molecule has 175 valence electrons. The fourth-order valence-electron chi connectivity index (χ4n) is 3.68. The SMILES string of the molecule is Cc1c[c-]c(-c2cc(C)c(C)cn2)cc1.[Ir].[c-]1ncccc1-c1cc2c(cn1)oc1ccccc12. The van der Waals surface area contributed by atoms with Gasteiger partial charge in [-0.3, -0.25) is 0 Å². The third kappa shape index (κ3) is 5.37. The molecule has 6 rings (SSSR count). The number of hydrogen-bond acceptors (Lipinski definition) is 4. The monoisotopic (exact) mass is 634 g/mol. The third-order valence-corrected chi connectivity index (χ3v) is 5.77. The van der Waals surface area contributed by atoms with Crippen molar-refractivity contribution in [1.82, 2.24) is 15.0 Å². The Hall–Kier alpha value is -3.66. The van der Waals surface area contributed by atoms with Crippen molar-refractivity contribution >= 4 is 21.9 Å². The molecule has 0 N–H and O–H groups in total. The van der Waals surface area contributed by atoms with Crippen molar-refractivity contribution in [2.75, 3.05) is 0 Å². The molecule has 0 saturated carbocycles. The largest absolute Gasteiger partial charge is 0.455 e. The van der Waals surface area contributed by atoms with Crippen LogP contribution >= 0.6 is 0 Å². The molecule has 5 heteroatoms. The molecular formula is C30H23IrN3O-2. The van der Waals surface area contributed by atoms with Crippen LogP contribution in [0.4, 0.5) is 0 Å². The molecule has 0 aliphatic heterocycles. The molecule has 6 aromatic rings. The second kappa shape index (κ2) is 10.7. The predicted molar refractivity (Wildman–Crippen MR) is 136 cm³/mol. The first-order valence-electron chi connectivity index (χ1n) is 11.1. The summed E-state index contributed by atoms with van der Waals surface area (Å²) in [5, 5.41) is 2.17. The summed E-state index contributed by atoms with van der Waals surface area (Å²) in [5.41, 5.74) is 9.20. The van der Waals surface area contributed by atoms with Gasteiger partial charge in [-0.1, -0.05) is 49.0 Å². The van der Waals surface area contributed by atoms with E-state index >= 15 is 0 Å². The Kier molecular flexibility index (Phi) is 7.50. The minimum Gasteiger partial charge on any atom is -0.455 e. The first kappa shape index (κ1) is 24.5. The molecule has 35 heavy (non-hydrogen) atoms. The number of rotatable bonds is 2. The second-order valence-corrected chi connectivity index (χ2v) is 8.26. The number of hydrogen-bond donors (Lipinski definition) is 0. The Balaban J connectivity index is 0.000000165. The Bertz CT molecular complexity index is 1580. The van der Waals surface area contributed by atoms with Crippen LogP contribution in [0.3, 0.4) is 0 Å². The Labute approximate surface area is 218 Å². The molecule has 1 radical (unpaired) electrons. The number of fused-ring (bicyclic) bond motifs is 3. The van der Waals surface area contributed by atoms with Gasteiger partial charge < -0.3 is 19.4 Å². The normalized spacial score (nSPS) is 10.5. The van der Waals surface area contributed by atoms with E-state index in [1.165, 1.54) is 16.7 Å². The molecular weight excluding hydrogens is 611 g/mol. The third-order valence-electron chi connectivity index (χ3n) is 5.77. The van der Waals surface area contributed by atoms with Crippen LogP contribution in [0.5, 0.6) is 0 Å². The van der Waals surface area contributed by atoms with E-state index in [0.717, 1.165) is 44.5 Å². The van der Waals surface area contributed by atoms with Gasteiger partial charge in [0.1, 0.15) is 5.58 Å². The molecule has 0 unspecified atom stereocenters. The predicted octanol–water partition coefficient (Wildman–Crippen LogP) is 7.31. The van der Waals surface area contributed by atoms with Crippen LogP contribution in [-0.2, 0) is 20.1 Å². The Morgan fingerprint density at radius 3 is 2.26 bits per heavy atom. The van der Waals surface area contributed by atoms with Crippen molar-refractivity contribution in [3.8, 4) is 22.5 Å². The summed E-state index contributed by atoms with van der Waals surface area (Å²) in [7, 11) is 0. The van der Waals surface area contributed by atoms with Crippen molar-refractivity contribution < 1.29 is 24.5 Å². The van der Waals surface area contributed by atoms with Crippen molar-refractivity contribution in [2.45, 2.75) is 20.8 Å². The summed E-state index contributed by atoms with van der Waals surface area (Å²) >= 11 is 0. The average molecular weight is 634 g/mol. The van der Waals surface area contributed by atoms with Gasteiger partial charge in [0.25, 0.3) is 0 Å². The Morgan fingerprint density at radius 2 is 1.51 bits per heavy atom. The van der Waals surface area contributed by atoms with Gasteiger partial charge >= 0.3 is 0 Å². The topological polar surface area (TPSA) is 51.8 Å². The first-order chi connectivity index (χ1) is 16.6. The van der Waals surface area contributed by atoms with E-state index in [4.69, 9.17) is 4.42 Å². The van der Waals surface area contributed by atoms with E-state index in [2.05, 4.69) is 72.3 Å². The van der Waals surface area contributed by atoms with E-state index in [9.17, 15) is 0 Å². The fourth-order valence-corrected chi connectivity index (χ4v) is 3.68. The van der Waals surface area contributed by atoms with E-state index < -0.39 is 0 Å². The Morgan fingerprint density at radius 1 is 0.714 bits per heavy atom. The van der Waals surface area contributed by atoms with Crippen LogP contribution < -0.4 is 0 Å². The molecule has 4 heterocycles. The number of nitrogens with zero attached hydrogens (tertiary/aromatic N) is 3. The standard InChI is InChI=1S/C16H9N2O.C14H14N.Ir/c1-2-6-15-12(5-1)13-8-14(18-10-16(13)19-15)11-4-3-7-17-9-11;1-10-4-6-13(7-5-10)14-8-11(2)12(3)9-15-14;/h1-8,10H;4-6,8-9H,1-3H3;/q2*-1;. The van der Waals surface area contributed by atoms with Gasteiger partial charge in [-0.05, 0) is 43.1 Å². The van der Waals surface area contributed by atoms with Gasteiger partial charge in [0.15, 0.2) is 5.58 Å². The molecule has 2 aromatic carbocycles. The van der Waals surface area contributed by atoms with Gasteiger partial charge in [0.05, 0.1) is 6.20 Å². The molecule has 4 aromatic heterocycles. The summed E-state index contributed by atoms with van der Waals surface area (Å²) in [4.78, 5) is 12.8. The van der Waals surface area contributed by atoms with Crippen molar-refractivity contribution in [3.63, 3.8) is 0 Å². The van der Waals surface area contributed by atoms with E-state index in [1.54, 1.807) is 12.4 Å². The molecule has 0 saturated heterocycles. The number of furan rings is 1. The number of pyridine rings is 3. The number of benzene rings is 2. The van der Waals surface area contributed by atoms with E-state index in [-0.39, 0.29) is 20.1 Å². The summed E-state index contributed by atoms with van der Waals surface area (Å²) < 4.78 is 5.75. The van der Waals surface area contributed by atoms with Crippen LogP contribution in [0, 0.1) is 33.0 Å². The first-order valence-corrected chi connectivity index (χ1v) is 11.1. The van der Waals surface area contributed by atoms with Gasteiger partial charge in [-0.2, -0.15) is 0 Å². The molecule has 4 nitrogen and oxygen atoms in total. The van der Waals surface area contributed by atoms with Crippen molar-refractivity contribution in [3.05, 3.63) is 114 Å². The van der Waals surface area contributed by atoms with Gasteiger partial charge in [0, 0.05) is 37.1 Å². The fraction of sp³-hybridized carbons (Fsp3) is 0.100. The van der Waals surface area contributed by atoms with Crippen LogP contribution in [-0.4, -0.2) is 15.0 Å². The zero-order chi connectivity index (χ0) is 23.5. The summed E-state index contributed by atoms with van der Waals surface area (Å²) in [5.74, 6) is 0. The minimum atomic E-state index is 0. The molecule has 0 bridgehead atoms. The maximum absolute atomic E-state index is 5.75. The van der Waals surface area contributed by atoms with E-state index in [0.29, 0.717) is 0 Å². The summed E-state index contributed by atoms with van der Waals surface area (Å²) in [6, 6.07) is 25.3. The van der Waals surface area contributed by atoms with Crippen molar-refractivity contribution in [2.24, 2.45) is 0 Å². The van der Waals surface area contributed by atoms with Crippen LogP contribution in [0.1, 0.15) is 16.7 Å². The quantitative estimate of drug-likeness (QED) is 0.188. The van der Waals surface area contributed by atoms with Crippen LogP contribution in [0.25, 0.3) is 44.5 Å². The smallest absolute Gasteiger partial charge is 0.151 e. The summed E-state index contributed by atoms with van der Waals surface area (Å²) in [6.45, 7) is 6.24. The second-order valence-electron chi connectivity index (χ2n) is 8.26. The molecule has 0 aliphatic carbocycles. The van der Waals surface area contributed by atoms with E-state index in [1.807, 2.05) is 48.7 Å². The number of para-hydroxylation sites is 1. The molecule has 0 fully saturated rings. The van der Waals surface area contributed by atoms with Crippen molar-refractivity contribution in [1.29, 1.82) is 0 Å². The van der Waals surface area contributed by atoms with Crippen LogP contribution in [0.15, 0.2) is 89.7 Å². The van der Waals surface area contributed by atoms with Gasteiger partial charge in [-0.25, -0.2) is 0 Å². The summed E-state index contributed by atoms with van der Waals surface area (Å²) in [6.07, 6.45) is 8.32. The molecule has 0 amide bonds. The molecule has 0 atom stereocenters. The zero-order valence-electron chi connectivity index (χ0n) is 19.7. The average Bonchev–Trinajstić information content (AvgIpc) is 3.25. The maximum Gasteiger partial charge on any atom is 0.151 e. The number of aryl methyl sites for hydroxylation is 3. The van der Waals surface area contributed by atoms with Gasteiger partial charge in [0.2, 0.25) is 0 Å². The maximum atomic E-state index is 5.75. The zero-order valence-corrected chi connectivity index (χ0v) is 22.1. The minimum absolute atomic E-state index is 0. The molecule has 0 aliphatic rings. The molecule has 0 spiro atoms. The van der Waals surface area contributed by atoms with Crippen LogP contribution in [0.2, 0.25) is 0 Å². The number of aromatic nitrogens is 3. The van der Waals surface area contributed by atoms with Gasteiger partial charge in [-0.15, -0.1) is 53.1 Å².